The van der Waals surface area contributed by atoms with E-state index in [1.165, 1.54) is 26.2 Å². The highest BCUT2D eigenvalue weighted by molar-refractivity contribution is 7.80. The second kappa shape index (κ2) is 13.3. The van der Waals surface area contributed by atoms with Gasteiger partial charge in [-0.15, -0.1) is 15.6 Å². The molecule has 18 nitrogen and oxygen atoms in total. The monoisotopic (exact) mass is 708 g/mol. The van der Waals surface area contributed by atoms with E-state index in [2.05, 4.69) is 30.0 Å². The van der Waals surface area contributed by atoms with Gasteiger partial charge in [0.25, 0.3) is 17.4 Å². The van der Waals surface area contributed by atoms with Gasteiger partial charge < -0.3 is 36.8 Å². The molecule has 2 amide bonds. The third kappa shape index (κ3) is 7.21. The van der Waals surface area contributed by atoms with E-state index in [-0.39, 0.29) is 23.3 Å². The molecule has 0 aliphatic carbocycles. The zero-order valence-corrected chi connectivity index (χ0v) is 27.8. The number of carbonyl (C=O) groups excluding carboxylic acids is 2. The number of amides is 2. The first-order chi connectivity index (χ1) is 22.5. The maximum atomic E-state index is 13.4. The van der Waals surface area contributed by atoms with E-state index in [0.717, 1.165) is 48.4 Å². The summed E-state index contributed by atoms with van der Waals surface area (Å²) in [5.74, 6) is -2.61. The molecular weight excluding hydrogens is 672 g/mol. The average molecular weight is 709 g/mol. The molecule has 0 bridgehead atoms. The maximum Gasteiger partial charge on any atom is 0.418 e. The lowest BCUT2D eigenvalue weighted by Crippen LogP contribution is -2.76. The first kappa shape index (κ1) is 35.0. The van der Waals surface area contributed by atoms with Crippen molar-refractivity contribution < 1.29 is 46.3 Å². The highest BCUT2D eigenvalue weighted by Gasteiger charge is 2.58. The molecule has 0 unspecified atom stereocenters. The highest BCUT2D eigenvalue weighted by Crippen LogP contribution is 2.35. The molecular formula is C28H36N8O10S2. The fourth-order valence-corrected chi connectivity index (χ4v) is 6.55. The quantitative estimate of drug-likeness (QED) is 0.0589. The number of carbonyl (C=O) groups is 3. The number of β-lactam (4-membered cyclic amide) rings is 1. The Morgan fingerprint density at radius 3 is 2.67 bits per heavy atom. The molecule has 48 heavy (non-hydrogen) atoms. The lowest BCUT2D eigenvalue weighted by atomic mass is 9.84. The van der Waals surface area contributed by atoms with Crippen LogP contribution in [0.2, 0.25) is 0 Å². The van der Waals surface area contributed by atoms with Crippen molar-refractivity contribution in [3.05, 3.63) is 40.4 Å². The zero-order valence-electron chi connectivity index (χ0n) is 26.2. The van der Waals surface area contributed by atoms with E-state index in [1.807, 2.05) is 6.07 Å². The van der Waals surface area contributed by atoms with Gasteiger partial charge in [0.05, 0.1) is 11.6 Å². The number of ether oxygens (including phenoxy) is 1. The number of nitrogens with two attached hydrogens (primary N) is 2. The summed E-state index contributed by atoms with van der Waals surface area (Å²) in [5, 5.41) is 21.7. The standard InChI is InChI=1S/C28H36N8O10S2/c1-27(2)21(24(38)36(27)46-48(41,42)43)34-23(37)20(17-13-47-26(30)33-17)35-45-28(3,25(39)40)19-9-7-14-11-15(6-8-18(14)44-19)22(29)32-16-5-4-10-31-12-16/h6,8,11,13,16,19,21,31H,4-5,7,9-10,12H2,1-3H3,(H2,29,32)(H2,30,33)(H,34,37)(H,39,40)(H,41,42,43)/b35-20-/t16-,19+,21+,28-/m0/s1. The van der Waals surface area contributed by atoms with Crippen LogP contribution in [0.5, 0.6) is 5.75 Å². The molecule has 3 aliphatic heterocycles. The number of carboxylic acid groups (broad SMARTS) is 1. The van der Waals surface area contributed by atoms with Gasteiger partial charge in [-0.1, -0.05) is 5.16 Å². The summed E-state index contributed by atoms with van der Waals surface area (Å²) >= 11 is 0.968. The van der Waals surface area contributed by atoms with E-state index >= 15 is 0 Å². The van der Waals surface area contributed by atoms with Crippen LogP contribution in [0.1, 0.15) is 56.9 Å². The predicted octanol–water partition coefficient (Wildman–Crippen LogP) is -0.0196. The molecule has 1 aromatic carbocycles. The predicted molar refractivity (Wildman–Crippen MR) is 171 cm³/mol. The number of amidine groups is 1. The Morgan fingerprint density at radius 1 is 1.31 bits per heavy atom. The van der Waals surface area contributed by atoms with Crippen LogP contribution in [0.4, 0.5) is 5.13 Å². The number of hydrogen-bond donors (Lipinski definition) is 6. The average Bonchev–Trinajstić information content (AvgIpc) is 3.47. The van der Waals surface area contributed by atoms with E-state index in [1.54, 1.807) is 12.1 Å². The number of aliphatic carboxylic acids is 1. The molecule has 4 heterocycles. The highest BCUT2D eigenvalue weighted by atomic mass is 32.3. The van der Waals surface area contributed by atoms with Gasteiger partial charge in [-0.25, -0.2) is 9.78 Å². The van der Waals surface area contributed by atoms with Crippen molar-refractivity contribution in [3.8, 4) is 5.75 Å². The number of nitrogens with one attached hydrogen (secondary N) is 2. The largest absolute Gasteiger partial charge is 0.485 e. The molecule has 260 valence electrons. The van der Waals surface area contributed by atoms with E-state index < -0.39 is 57.2 Å². The number of thiazole rings is 1. The molecule has 0 saturated carbocycles. The fourth-order valence-electron chi connectivity index (χ4n) is 5.55. The number of nitrogen functional groups attached to an aromatic ring is 1. The van der Waals surface area contributed by atoms with Crippen LogP contribution in [0.25, 0.3) is 0 Å². The summed E-state index contributed by atoms with van der Waals surface area (Å²) in [7, 11) is -5.03. The Labute approximate surface area is 279 Å². The van der Waals surface area contributed by atoms with Gasteiger partial charge in [0, 0.05) is 17.5 Å². The Bertz CT molecular complexity index is 1770. The van der Waals surface area contributed by atoms with Crippen molar-refractivity contribution in [2.45, 2.75) is 75.8 Å². The van der Waals surface area contributed by atoms with Crippen molar-refractivity contribution in [3.63, 3.8) is 0 Å². The van der Waals surface area contributed by atoms with Crippen molar-refractivity contribution >= 4 is 56.2 Å². The third-order valence-corrected chi connectivity index (χ3v) is 9.37. The zero-order chi connectivity index (χ0) is 35.0. The van der Waals surface area contributed by atoms with E-state index in [9.17, 15) is 27.9 Å². The minimum atomic E-state index is -5.03. The second-order valence-electron chi connectivity index (χ2n) is 12.2. The summed E-state index contributed by atoms with van der Waals surface area (Å²) in [6, 6.07) is 4.05. The number of aliphatic imine (C=N–C) groups is 1. The summed E-state index contributed by atoms with van der Waals surface area (Å²) in [6.07, 6.45) is 1.53. The van der Waals surface area contributed by atoms with Crippen molar-refractivity contribution in [2.24, 2.45) is 15.9 Å². The number of aromatic nitrogens is 1. The molecule has 2 fully saturated rings. The van der Waals surface area contributed by atoms with Crippen molar-refractivity contribution in [1.29, 1.82) is 0 Å². The molecule has 0 radical (unpaired) electrons. The first-order valence-corrected chi connectivity index (χ1v) is 17.1. The topological polar surface area (TPSA) is 270 Å². The number of nitrogens with zero attached hydrogens (tertiary/aromatic N) is 4. The first-order valence-electron chi connectivity index (χ1n) is 14.9. The Kier molecular flexibility index (Phi) is 9.66. The molecule has 0 spiro atoms. The number of hydrogen-bond acceptors (Lipinski definition) is 14. The van der Waals surface area contributed by atoms with Crippen molar-refractivity contribution in [2.75, 3.05) is 18.8 Å². The molecule has 3 aliphatic rings. The number of rotatable bonds is 11. The van der Waals surface area contributed by atoms with Crippen LogP contribution >= 0.6 is 11.3 Å². The number of hydroxylamine groups is 2. The Morgan fingerprint density at radius 2 is 2.06 bits per heavy atom. The molecule has 20 heteroatoms. The van der Waals surface area contributed by atoms with Gasteiger partial charge in [-0.05, 0) is 76.8 Å². The van der Waals surface area contributed by atoms with Gasteiger partial charge >= 0.3 is 16.4 Å². The van der Waals surface area contributed by atoms with Gasteiger partial charge in [0.1, 0.15) is 23.3 Å². The smallest absolute Gasteiger partial charge is 0.418 e. The SMILES string of the molecule is CC1(C)[C@H](NC(=O)/C(=N\O[C@](C)(C(=O)O)[C@H]2CCc3cc(C(N)=N[C@H]4CCCNC4)ccc3O2)c2csc(N)n2)C(=O)N1OS(=O)(=O)O. The number of oxime groups is 1. The minimum Gasteiger partial charge on any atom is -0.485 e. The lowest BCUT2D eigenvalue weighted by molar-refractivity contribution is -0.218. The number of carboxylic acids is 1. The summed E-state index contributed by atoms with van der Waals surface area (Å²) in [6.45, 7) is 5.71. The molecule has 5 rings (SSSR count). The number of fused-ring (bicyclic) bond motifs is 1. The van der Waals surface area contributed by atoms with Crippen molar-refractivity contribution in [1.82, 2.24) is 20.7 Å². The summed E-state index contributed by atoms with van der Waals surface area (Å²) < 4.78 is 41.7. The number of anilines is 1. The lowest BCUT2D eigenvalue weighted by Gasteiger charge is -2.50. The molecule has 8 N–H and O–H groups in total. The molecule has 2 saturated heterocycles. The van der Waals surface area contributed by atoms with Crippen LogP contribution in [0.3, 0.4) is 0 Å². The number of benzene rings is 1. The summed E-state index contributed by atoms with van der Waals surface area (Å²) in [5.41, 5.74) is 9.44. The second-order valence-corrected chi connectivity index (χ2v) is 14.1. The molecule has 2 aromatic rings. The minimum absolute atomic E-state index is 0.0620. The van der Waals surface area contributed by atoms with Gasteiger partial charge in [-0.2, -0.15) is 13.5 Å². The van der Waals surface area contributed by atoms with Gasteiger partial charge in [0.15, 0.2) is 16.9 Å². The fraction of sp³-hybridized carbons (Fsp3) is 0.500. The van der Waals surface area contributed by atoms with E-state index in [0.29, 0.717) is 23.1 Å². The normalized spacial score (nSPS) is 24.0. The van der Waals surface area contributed by atoms with E-state index in [4.69, 9.17) is 25.6 Å². The number of aryl methyl sites for hydroxylation is 1. The summed E-state index contributed by atoms with van der Waals surface area (Å²) in [4.78, 5) is 52.9. The molecule has 1 aromatic heterocycles. The van der Waals surface area contributed by atoms with Crippen LogP contribution in [-0.4, -0.2) is 99.9 Å². The third-order valence-electron chi connectivity index (χ3n) is 8.36. The Hall–Kier alpha value is -4.37. The maximum absolute atomic E-state index is 13.4. The van der Waals surface area contributed by atoms with Gasteiger partial charge in [-0.3, -0.25) is 19.1 Å². The van der Waals surface area contributed by atoms with Crippen LogP contribution < -0.4 is 26.8 Å². The van der Waals surface area contributed by atoms with Gasteiger partial charge in [0.2, 0.25) is 0 Å². The Balaban J connectivity index is 1.35. The number of piperidine rings is 1. The van der Waals surface area contributed by atoms with Crippen LogP contribution in [0.15, 0.2) is 33.7 Å². The van der Waals surface area contributed by atoms with Crippen LogP contribution in [-0.2, 0) is 40.3 Å². The van der Waals surface area contributed by atoms with Crippen LogP contribution in [0, 0.1) is 0 Å². The molecule has 4 atom stereocenters.